The molecule has 0 aliphatic carbocycles. The Balaban J connectivity index is 2.02. The first-order valence-electron chi connectivity index (χ1n) is 7.13. The summed E-state index contributed by atoms with van der Waals surface area (Å²) in [6, 6.07) is 3.36. The summed E-state index contributed by atoms with van der Waals surface area (Å²) in [7, 11) is 0. The van der Waals surface area contributed by atoms with Gasteiger partial charge in [-0.3, -0.25) is 4.79 Å². The third-order valence-corrected chi connectivity index (χ3v) is 4.08. The molecule has 3 amide bonds. The summed E-state index contributed by atoms with van der Waals surface area (Å²) < 4.78 is 38.2. The monoisotopic (exact) mass is 372 g/mol. The maximum Gasteiger partial charge on any atom is 0.416 e. The molecule has 10 heteroatoms. The number of nitrogens with two attached hydrogens (primary N) is 1. The lowest BCUT2D eigenvalue weighted by atomic mass is 10.1. The first-order chi connectivity index (χ1) is 11.6. The van der Waals surface area contributed by atoms with E-state index >= 15 is 0 Å². The van der Waals surface area contributed by atoms with Gasteiger partial charge in [0.25, 0.3) is 0 Å². The molecular formula is C15H15F3N4O2S. The van der Waals surface area contributed by atoms with Gasteiger partial charge in [0.1, 0.15) is 6.04 Å². The van der Waals surface area contributed by atoms with Crippen molar-refractivity contribution in [1.29, 1.82) is 0 Å². The molecule has 0 fully saturated rings. The van der Waals surface area contributed by atoms with Crippen molar-refractivity contribution < 1.29 is 22.8 Å². The van der Waals surface area contributed by atoms with E-state index in [1.165, 1.54) is 19.2 Å². The first kappa shape index (κ1) is 18.7. The van der Waals surface area contributed by atoms with Crippen LogP contribution in [-0.4, -0.2) is 23.0 Å². The van der Waals surface area contributed by atoms with Gasteiger partial charge in [0.05, 0.1) is 5.56 Å². The lowest BCUT2D eigenvalue weighted by Crippen LogP contribution is -2.44. The molecule has 0 saturated heterocycles. The van der Waals surface area contributed by atoms with Gasteiger partial charge in [0, 0.05) is 17.5 Å². The predicted molar refractivity (Wildman–Crippen MR) is 87.2 cm³/mol. The van der Waals surface area contributed by atoms with E-state index in [9.17, 15) is 22.8 Å². The van der Waals surface area contributed by atoms with E-state index in [1.807, 2.05) is 0 Å². The predicted octanol–water partition coefficient (Wildman–Crippen LogP) is 2.75. The molecule has 2 rings (SSSR count). The molecule has 0 aliphatic heterocycles. The molecule has 0 radical (unpaired) electrons. The number of aromatic nitrogens is 1. The summed E-state index contributed by atoms with van der Waals surface area (Å²) >= 11 is 1.14. The second-order valence-electron chi connectivity index (χ2n) is 5.23. The summed E-state index contributed by atoms with van der Waals surface area (Å²) in [5, 5.41) is 5.02. The maximum absolute atomic E-state index is 12.7. The van der Waals surface area contributed by atoms with Crippen molar-refractivity contribution >= 4 is 28.4 Å². The number of anilines is 1. The summed E-state index contributed by atoms with van der Waals surface area (Å²) in [5.41, 5.74) is 4.71. The Kier molecular flexibility index (Phi) is 5.62. The van der Waals surface area contributed by atoms with Gasteiger partial charge in [0.2, 0.25) is 5.91 Å². The molecule has 6 nitrogen and oxygen atoms in total. The molecule has 0 aliphatic rings. The summed E-state index contributed by atoms with van der Waals surface area (Å²) in [4.78, 5) is 27.2. The average Bonchev–Trinajstić information content (AvgIpc) is 2.93. The summed E-state index contributed by atoms with van der Waals surface area (Å²) in [6.45, 7) is 1.46. The molecule has 0 spiro atoms. The van der Waals surface area contributed by atoms with Crippen molar-refractivity contribution in [3.63, 3.8) is 0 Å². The Morgan fingerprint density at radius 3 is 2.72 bits per heavy atom. The van der Waals surface area contributed by atoms with Crippen LogP contribution in [0.4, 0.5) is 23.1 Å². The van der Waals surface area contributed by atoms with Crippen molar-refractivity contribution in [1.82, 2.24) is 10.3 Å². The van der Waals surface area contributed by atoms with E-state index in [2.05, 4.69) is 15.6 Å². The molecule has 1 aromatic carbocycles. The number of hydrogen-bond acceptors (Lipinski definition) is 4. The van der Waals surface area contributed by atoms with Gasteiger partial charge in [0.15, 0.2) is 5.13 Å². The minimum absolute atomic E-state index is 0.256. The Morgan fingerprint density at radius 1 is 1.36 bits per heavy atom. The van der Waals surface area contributed by atoms with E-state index in [-0.39, 0.29) is 11.6 Å². The van der Waals surface area contributed by atoms with Crippen LogP contribution in [0, 0.1) is 0 Å². The van der Waals surface area contributed by atoms with Crippen LogP contribution in [0.2, 0.25) is 0 Å². The smallest absolute Gasteiger partial charge is 0.352 e. The highest BCUT2D eigenvalue weighted by Crippen LogP contribution is 2.30. The lowest BCUT2D eigenvalue weighted by molar-refractivity contribution is -0.137. The van der Waals surface area contributed by atoms with Gasteiger partial charge < -0.3 is 16.4 Å². The fourth-order valence-electron chi connectivity index (χ4n) is 2.00. The zero-order chi connectivity index (χ0) is 18.6. The van der Waals surface area contributed by atoms with Crippen LogP contribution in [-0.2, 0) is 17.4 Å². The van der Waals surface area contributed by atoms with E-state index < -0.39 is 29.7 Å². The fraction of sp³-hybridized carbons (Fsp3) is 0.267. The van der Waals surface area contributed by atoms with Crippen LogP contribution in [0.5, 0.6) is 0 Å². The number of alkyl halides is 3. The molecular weight excluding hydrogens is 357 g/mol. The number of halogens is 3. The van der Waals surface area contributed by atoms with Gasteiger partial charge in [-0.1, -0.05) is 18.2 Å². The minimum Gasteiger partial charge on any atom is -0.352 e. The molecule has 134 valence electrons. The normalized spacial score (nSPS) is 12.5. The Hall–Kier alpha value is -2.62. The highest BCUT2D eigenvalue weighted by Gasteiger charge is 2.30. The van der Waals surface area contributed by atoms with Crippen molar-refractivity contribution in [3.8, 4) is 0 Å². The number of amides is 3. The van der Waals surface area contributed by atoms with E-state index in [1.54, 1.807) is 6.07 Å². The van der Waals surface area contributed by atoms with Crippen molar-refractivity contribution in [2.45, 2.75) is 25.6 Å². The number of primary amides is 1. The number of urea groups is 1. The van der Waals surface area contributed by atoms with E-state index in [4.69, 9.17) is 5.73 Å². The standard InChI is InChI=1S/C15H15F3N4O2S/c1-8(21-13(19)24)12(23)22-14-20-7-11(25-14)6-9-3-2-4-10(5-9)15(16,17)18/h2-5,7-8H,6H2,1H3,(H3,19,21,24)(H,20,22,23). The van der Waals surface area contributed by atoms with Crippen LogP contribution in [0.3, 0.4) is 0 Å². The molecule has 4 N–H and O–H groups in total. The Morgan fingerprint density at radius 2 is 2.08 bits per heavy atom. The van der Waals surface area contributed by atoms with Crippen molar-refractivity contribution in [2.75, 3.05) is 5.32 Å². The second-order valence-corrected chi connectivity index (χ2v) is 6.34. The van der Waals surface area contributed by atoms with E-state index in [0.29, 0.717) is 10.4 Å². The topological polar surface area (TPSA) is 97.1 Å². The minimum atomic E-state index is -4.40. The second kappa shape index (κ2) is 7.51. The third-order valence-electron chi connectivity index (χ3n) is 3.17. The molecule has 0 saturated carbocycles. The average molecular weight is 372 g/mol. The van der Waals surface area contributed by atoms with Gasteiger partial charge >= 0.3 is 12.2 Å². The quantitative estimate of drug-likeness (QED) is 0.753. The Bertz CT molecular complexity index is 776. The van der Waals surface area contributed by atoms with Crippen molar-refractivity contribution in [3.05, 3.63) is 46.5 Å². The van der Waals surface area contributed by atoms with Crippen LogP contribution < -0.4 is 16.4 Å². The molecule has 1 atom stereocenters. The molecule has 1 heterocycles. The SMILES string of the molecule is CC(NC(N)=O)C(=O)Nc1ncc(Cc2cccc(C(F)(F)F)c2)s1. The van der Waals surface area contributed by atoms with Crippen LogP contribution in [0.25, 0.3) is 0 Å². The zero-order valence-electron chi connectivity index (χ0n) is 13.1. The molecule has 2 aromatic rings. The van der Waals surface area contributed by atoms with E-state index in [0.717, 1.165) is 23.5 Å². The molecule has 25 heavy (non-hydrogen) atoms. The van der Waals surface area contributed by atoms with Crippen molar-refractivity contribution in [2.24, 2.45) is 5.73 Å². The van der Waals surface area contributed by atoms with Crippen LogP contribution in [0.15, 0.2) is 30.5 Å². The fourth-order valence-corrected chi connectivity index (χ4v) is 2.85. The van der Waals surface area contributed by atoms with Crippen LogP contribution >= 0.6 is 11.3 Å². The number of thiazole rings is 1. The third kappa shape index (κ3) is 5.45. The number of nitrogens with zero attached hydrogens (tertiary/aromatic N) is 1. The molecule has 1 unspecified atom stereocenters. The lowest BCUT2D eigenvalue weighted by Gasteiger charge is -2.10. The van der Waals surface area contributed by atoms with Gasteiger partial charge in [-0.05, 0) is 18.6 Å². The van der Waals surface area contributed by atoms with Crippen LogP contribution in [0.1, 0.15) is 22.9 Å². The highest BCUT2D eigenvalue weighted by molar-refractivity contribution is 7.15. The molecule has 0 bridgehead atoms. The Labute approximate surface area is 145 Å². The summed E-state index contributed by atoms with van der Waals surface area (Å²) in [5.74, 6) is -0.501. The maximum atomic E-state index is 12.7. The van der Waals surface area contributed by atoms with Gasteiger partial charge in [-0.25, -0.2) is 9.78 Å². The number of nitrogens with one attached hydrogen (secondary N) is 2. The summed E-state index contributed by atoms with van der Waals surface area (Å²) in [6.07, 6.45) is -2.66. The number of benzene rings is 1. The number of hydrogen-bond donors (Lipinski definition) is 3. The number of carbonyl (C=O) groups excluding carboxylic acids is 2. The first-order valence-corrected chi connectivity index (χ1v) is 7.94. The highest BCUT2D eigenvalue weighted by atomic mass is 32.1. The largest absolute Gasteiger partial charge is 0.416 e. The molecule has 1 aromatic heterocycles. The van der Waals surface area contributed by atoms with Gasteiger partial charge in [-0.15, -0.1) is 11.3 Å². The number of carbonyl (C=O) groups is 2. The van der Waals surface area contributed by atoms with Gasteiger partial charge in [-0.2, -0.15) is 13.2 Å². The number of rotatable bonds is 5. The zero-order valence-corrected chi connectivity index (χ0v) is 13.9.